The van der Waals surface area contributed by atoms with Gasteiger partial charge in [0.2, 0.25) is 11.8 Å². The number of nitrogens with one attached hydrogen (secondary N) is 2. The molecule has 5 aromatic rings. The van der Waals surface area contributed by atoms with Gasteiger partial charge in [-0.05, 0) is 62.9 Å². The molecule has 1 aliphatic heterocycles. The lowest BCUT2D eigenvalue weighted by Gasteiger charge is -2.29. The minimum atomic E-state index is -0.00925. The standard InChI is InChI=1S/C29H32N8O3.C13H27NO5.C10H23NO4/c1-2-39-11-12-40-10-7-24(38)36-9-6-20-13-19(3-4-22(20)17-36)16-37-29-25(27(30)33-18-34-29)26(35-37)23-14-21-5-8-31-28(21)32-15-23;1-3-16-7-5-13(15)14-6-8-18-11-12-19-10-9-17-4-2;1-2-12-5-6-14-9-10-15-8-7-13-4-3-11/h3-5,8,13-15,18H,2,6-7,9-12,16-17H2,1H3,(H,31,32)(H2,30,33,34);3-12H2,1-2H3,(H,14,15);2-11H2,1H3. The van der Waals surface area contributed by atoms with Gasteiger partial charge in [-0.2, -0.15) is 5.10 Å². The number of aromatic nitrogens is 6. The zero-order valence-corrected chi connectivity index (χ0v) is 44.2. The van der Waals surface area contributed by atoms with E-state index in [9.17, 15) is 9.59 Å². The van der Waals surface area contributed by atoms with E-state index in [1.165, 1.54) is 17.5 Å². The van der Waals surface area contributed by atoms with Gasteiger partial charge in [0.15, 0.2) is 5.65 Å². The van der Waals surface area contributed by atoms with E-state index in [0.29, 0.717) is 194 Å². The van der Waals surface area contributed by atoms with Crippen LogP contribution in [-0.2, 0) is 76.5 Å². The normalized spacial score (nSPS) is 12.1. The average molecular weight is 1040 g/mol. The number of carbonyl (C=O) groups excluding carboxylic acids is 2. The first kappa shape index (κ1) is 61.3. The number of ether oxygens (including phenoxy) is 10. The highest BCUT2D eigenvalue weighted by molar-refractivity contribution is 5.99. The minimum Gasteiger partial charge on any atom is -0.383 e. The molecule has 5 heterocycles. The van der Waals surface area contributed by atoms with Gasteiger partial charge in [0.1, 0.15) is 23.5 Å². The summed E-state index contributed by atoms with van der Waals surface area (Å²) in [5, 5.41) is 9.38. The molecular weight excluding hydrogens is 957 g/mol. The molecule has 1 aromatic carbocycles. The second kappa shape index (κ2) is 38.3. The summed E-state index contributed by atoms with van der Waals surface area (Å²) < 4.78 is 54.2. The Morgan fingerprint density at radius 1 is 0.662 bits per heavy atom. The van der Waals surface area contributed by atoms with E-state index >= 15 is 0 Å². The smallest absolute Gasteiger partial charge is 0.225 e. The van der Waals surface area contributed by atoms with E-state index in [1.54, 1.807) is 6.20 Å². The molecule has 6 rings (SSSR count). The number of nitrogens with zero attached hydrogens (tertiary/aromatic N) is 6. The number of hydrogen-bond acceptors (Lipinski definition) is 18. The summed E-state index contributed by atoms with van der Waals surface area (Å²) in [6.45, 7) is 22.4. The Kier molecular flexibility index (Phi) is 31.8. The summed E-state index contributed by atoms with van der Waals surface area (Å²) in [6.07, 6.45) is 6.70. The third-order valence-electron chi connectivity index (χ3n) is 11.0. The maximum absolute atomic E-state index is 12.7. The van der Waals surface area contributed by atoms with Crippen LogP contribution in [0.1, 0.15) is 57.2 Å². The number of hydrogen-bond donors (Lipinski definition) is 4. The van der Waals surface area contributed by atoms with Crippen LogP contribution in [-0.4, -0.2) is 198 Å². The number of amides is 2. The Morgan fingerprint density at radius 3 is 1.88 bits per heavy atom. The van der Waals surface area contributed by atoms with Crippen molar-refractivity contribution in [1.82, 2.24) is 39.9 Å². The van der Waals surface area contributed by atoms with Crippen molar-refractivity contribution in [1.29, 1.82) is 0 Å². The largest absolute Gasteiger partial charge is 0.383 e. The van der Waals surface area contributed by atoms with Gasteiger partial charge in [-0.15, -0.1) is 0 Å². The lowest BCUT2D eigenvalue weighted by atomic mass is 9.97. The van der Waals surface area contributed by atoms with Crippen molar-refractivity contribution < 1.29 is 57.0 Å². The first-order chi connectivity index (χ1) is 36.3. The van der Waals surface area contributed by atoms with Crippen molar-refractivity contribution in [3.8, 4) is 11.3 Å². The lowest BCUT2D eigenvalue weighted by molar-refractivity contribution is -0.133. The van der Waals surface area contributed by atoms with Gasteiger partial charge in [0.05, 0.1) is 124 Å². The van der Waals surface area contributed by atoms with Crippen molar-refractivity contribution in [2.45, 2.75) is 60.0 Å². The zero-order chi connectivity index (χ0) is 52.9. The van der Waals surface area contributed by atoms with Crippen LogP contribution >= 0.6 is 0 Å². The molecule has 0 spiro atoms. The van der Waals surface area contributed by atoms with Crippen molar-refractivity contribution >= 4 is 39.7 Å². The Labute approximate surface area is 435 Å². The highest BCUT2D eigenvalue weighted by atomic mass is 16.6. The molecule has 0 radical (unpaired) electrons. The molecule has 0 aliphatic carbocycles. The number of carbonyl (C=O) groups is 2. The van der Waals surface area contributed by atoms with E-state index in [0.717, 1.165) is 35.2 Å². The maximum atomic E-state index is 12.7. The molecule has 0 saturated carbocycles. The Morgan fingerprint density at radius 2 is 1.24 bits per heavy atom. The van der Waals surface area contributed by atoms with Crippen molar-refractivity contribution in [2.75, 3.05) is 158 Å². The molecule has 0 bridgehead atoms. The molecule has 22 nitrogen and oxygen atoms in total. The van der Waals surface area contributed by atoms with Crippen LogP contribution in [0, 0.1) is 0 Å². The molecule has 74 heavy (non-hydrogen) atoms. The molecule has 6 N–H and O–H groups in total. The second-order valence-electron chi connectivity index (χ2n) is 16.4. The van der Waals surface area contributed by atoms with Crippen LogP contribution in [0.3, 0.4) is 0 Å². The molecule has 4 aromatic heterocycles. The second-order valence-corrected chi connectivity index (χ2v) is 16.4. The van der Waals surface area contributed by atoms with Gasteiger partial charge in [-0.1, -0.05) is 18.2 Å². The average Bonchev–Trinajstić information content (AvgIpc) is 4.05. The molecular formula is C52H82N10O12. The fourth-order valence-electron chi connectivity index (χ4n) is 7.32. The van der Waals surface area contributed by atoms with Gasteiger partial charge in [0, 0.05) is 82.4 Å². The Balaban J connectivity index is 0.000000291. The number of rotatable bonds is 36. The summed E-state index contributed by atoms with van der Waals surface area (Å²) in [7, 11) is 0. The summed E-state index contributed by atoms with van der Waals surface area (Å²) in [6, 6.07) is 10.4. The lowest BCUT2D eigenvalue weighted by Crippen LogP contribution is -2.36. The number of fused-ring (bicyclic) bond motifs is 3. The first-order valence-electron chi connectivity index (χ1n) is 25.9. The summed E-state index contributed by atoms with van der Waals surface area (Å²) in [5.41, 5.74) is 18.1. The summed E-state index contributed by atoms with van der Waals surface area (Å²) in [5.74, 6) is 0.492. The number of nitrogen functional groups attached to an aromatic ring is 1. The van der Waals surface area contributed by atoms with Crippen LogP contribution < -0.4 is 16.8 Å². The molecule has 0 atom stereocenters. The van der Waals surface area contributed by atoms with Gasteiger partial charge in [0.25, 0.3) is 0 Å². The maximum Gasteiger partial charge on any atom is 0.225 e. The van der Waals surface area contributed by atoms with E-state index in [2.05, 4.69) is 43.5 Å². The molecule has 0 unspecified atom stereocenters. The Hall–Kier alpha value is -5.24. The summed E-state index contributed by atoms with van der Waals surface area (Å²) >= 11 is 0. The minimum absolute atomic E-state index is 0.00925. The molecule has 2 amide bonds. The van der Waals surface area contributed by atoms with Gasteiger partial charge >= 0.3 is 0 Å². The van der Waals surface area contributed by atoms with Gasteiger partial charge < -0.3 is 74.0 Å². The van der Waals surface area contributed by atoms with Crippen molar-refractivity contribution in [3.63, 3.8) is 0 Å². The van der Waals surface area contributed by atoms with E-state index in [4.69, 9.17) is 63.9 Å². The van der Waals surface area contributed by atoms with Crippen LogP contribution in [0.25, 0.3) is 33.3 Å². The molecule has 1 aliphatic rings. The Bertz CT molecular complexity index is 2270. The molecule has 22 heteroatoms. The third-order valence-corrected chi connectivity index (χ3v) is 11.0. The predicted octanol–water partition coefficient (Wildman–Crippen LogP) is 3.96. The zero-order valence-electron chi connectivity index (χ0n) is 44.2. The summed E-state index contributed by atoms with van der Waals surface area (Å²) in [4.78, 5) is 42.3. The number of aromatic amines is 1. The van der Waals surface area contributed by atoms with E-state index < -0.39 is 0 Å². The van der Waals surface area contributed by atoms with Gasteiger partial charge in [-0.3, -0.25) is 9.59 Å². The third kappa shape index (κ3) is 23.5. The van der Waals surface area contributed by atoms with E-state index in [-0.39, 0.29) is 11.8 Å². The number of benzene rings is 1. The molecule has 412 valence electrons. The topological polar surface area (TPSA) is 266 Å². The van der Waals surface area contributed by atoms with Crippen molar-refractivity contribution in [3.05, 3.63) is 65.7 Å². The number of nitrogens with two attached hydrogens (primary N) is 2. The highest BCUT2D eigenvalue weighted by Crippen LogP contribution is 2.32. The van der Waals surface area contributed by atoms with Gasteiger partial charge in [-0.25, -0.2) is 19.6 Å². The van der Waals surface area contributed by atoms with Crippen molar-refractivity contribution in [2.24, 2.45) is 5.73 Å². The number of pyridine rings is 1. The fourth-order valence-corrected chi connectivity index (χ4v) is 7.32. The molecule has 0 fully saturated rings. The number of H-pyrrole nitrogens is 1. The quantitative estimate of drug-likeness (QED) is 0.0414. The first-order valence-corrected chi connectivity index (χ1v) is 25.9. The SMILES string of the molecule is CCOCCOCCC(=O)N1CCc2cc(Cn3nc(-c4cnc5[nH]ccc5c4)c4c(N)ncnc43)ccc2C1.CCOCCOCCOCCNC(=O)CCOCC.CCOCCOCCOCCOCCN. The van der Waals surface area contributed by atoms with E-state index in [1.807, 2.05) is 55.6 Å². The molecule has 0 saturated heterocycles. The highest BCUT2D eigenvalue weighted by Gasteiger charge is 2.22. The van der Waals surface area contributed by atoms with Crippen LogP contribution in [0.4, 0.5) is 5.82 Å². The van der Waals surface area contributed by atoms with Crippen LogP contribution in [0.2, 0.25) is 0 Å². The fraction of sp³-hybridized carbons (Fsp3) is 0.615. The predicted molar refractivity (Wildman–Crippen MR) is 282 cm³/mol. The van der Waals surface area contributed by atoms with Crippen LogP contribution in [0.15, 0.2) is 49.1 Å². The number of anilines is 1. The monoisotopic (exact) mass is 1040 g/mol. The van der Waals surface area contributed by atoms with Crippen LogP contribution in [0.5, 0.6) is 0 Å².